The zero-order valence-corrected chi connectivity index (χ0v) is 13.1. The number of likely N-dealkylation sites (N-methyl/N-ethyl adjacent to an activating group) is 1. The fraction of sp³-hybridized carbons (Fsp3) is 0.375. The molecule has 0 bridgehead atoms. The number of hydrogen-bond donors (Lipinski definition) is 1. The summed E-state index contributed by atoms with van der Waals surface area (Å²) in [5.41, 5.74) is 0.559. The average Bonchev–Trinajstić information content (AvgIpc) is 3.03. The highest BCUT2D eigenvalue weighted by molar-refractivity contribution is 6.08. The van der Waals surface area contributed by atoms with Crippen LogP contribution in [0, 0.1) is 0 Å². The van der Waals surface area contributed by atoms with Crippen LogP contribution in [0.1, 0.15) is 5.56 Å². The van der Waals surface area contributed by atoms with Crippen molar-refractivity contribution in [2.45, 2.75) is 6.18 Å². The Morgan fingerprint density at radius 1 is 1.08 bits per heavy atom. The van der Waals surface area contributed by atoms with Crippen LogP contribution in [0.15, 0.2) is 24.4 Å². The number of fused-ring (bicyclic) bond motifs is 3. The molecule has 8 heteroatoms. The van der Waals surface area contributed by atoms with Gasteiger partial charge in [0.05, 0.1) is 17.3 Å². The molecule has 126 valence electrons. The Balaban J connectivity index is 1.88. The molecule has 1 aliphatic rings. The van der Waals surface area contributed by atoms with Gasteiger partial charge in [-0.1, -0.05) is 0 Å². The van der Waals surface area contributed by atoms with E-state index < -0.39 is 11.7 Å². The number of benzene rings is 1. The largest absolute Gasteiger partial charge is 0.416 e. The summed E-state index contributed by atoms with van der Waals surface area (Å²) in [6.45, 7) is 3.48. The number of anilines is 1. The minimum absolute atomic E-state index is 0.464. The van der Waals surface area contributed by atoms with Crippen molar-refractivity contribution in [3.63, 3.8) is 0 Å². The topological polar surface area (TPSA) is 48.1 Å². The third kappa shape index (κ3) is 2.47. The van der Waals surface area contributed by atoms with Gasteiger partial charge < -0.3 is 9.80 Å². The van der Waals surface area contributed by atoms with E-state index in [1.807, 2.05) is 0 Å². The molecule has 2 aromatic heterocycles. The van der Waals surface area contributed by atoms with E-state index in [9.17, 15) is 13.2 Å². The van der Waals surface area contributed by atoms with Crippen molar-refractivity contribution in [1.82, 2.24) is 20.1 Å². The number of halogens is 3. The number of aromatic amines is 1. The lowest BCUT2D eigenvalue weighted by Crippen LogP contribution is -2.44. The molecular formula is C16H16F3N5. The second-order valence-electron chi connectivity index (χ2n) is 6.11. The van der Waals surface area contributed by atoms with Gasteiger partial charge in [0.1, 0.15) is 5.52 Å². The molecule has 1 N–H and O–H groups in total. The lowest BCUT2D eigenvalue weighted by molar-refractivity contribution is -0.137. The summed E-state index contributed by atoms with van der Waals surface area (Å²) in [7, 11) is 2.07. The van der Waals surface area contributed by atoms with Crippen LogP contribution in [0.4, 0.5) is 19.0 Å². The number of rotatable bonds is 1. The van der Waals surface area contributed by atoms with Crippen LogP contribution < -0.4 is 4.90 Å². The predicted molar refractivity (Wildman–Crippen MR) is 86.1 cm³/mol. The highest BCUT2D eigenvalue weighted by atomic mass is 19.4. The standard InChI is InChI=1S/C16H16F3N5/c1-23-4-6-24(7-5-23)15-14-12(9-20-22-14)11-8-10(16(17,18)19)2-3-13(11)21-15/h2-3,8-9H,4-7H2,1H3,(H,20,22). The van der Waals surface area contributed by atoms with Crippen LogP contribution in [0.2, 0.25) is 0 Å². The van der Waals surface area contributed by atoms with Crippen molar-refractivity contribution in [2.75, 3.05) is 38.1 Å². The number of aromatic nitrogens is 3. The van der Waals surface area contributed by atoms with E-state index >= 15 is 0 Å². The summed E-state index contributed by atoms with van der Waals surface area (Å²) in [5, 5.41) is 8.06. The number of hydrogen-bond acceptors (Lipinski definition) is 4. The van der Waals surface area contributed by atoms with E-state index in [0.29, 0.717) is 21.8 Å². The molecule has 0 amide bonds. The van der Waals surface area contributed by atoms with E-state index in [4.69, 9.17) is 0 Å². The zero-order chi connectivity index (χ0) is 16.9. The molecule has 0 spiro atoms. The minimum atomic E-state index is -4.37. The monoisotopic (exact) mass is 335 g/mol. The number of nitrogens with one attached hydrogen (secondary N) is 1. The minimum Gasteiger partial charge on any atom is -0.352 e. The van der Waals surface area contributed by atoms with Crippen molar-refractivity contribution >= 4 is 27.6 Å². The van der Waals surface area contributed by atoms with Crippen LogP contribution in [-0.4, -0.2) is 53.3 Å². The molecule has 4 rings (SSSR count). The van der Waals surface area contributed by atoms with Gasteiger partial charge >= 0.3 is 6.18 Å². The fourth-order valence-corrected chi connectivity index (χ4v) is 3.10. The lowest BCUT2D eigenvalue weighted by atomic mass is 10.1. The van der Waals surface area contributed by atoms with Gasteiger partial charge in [0.15, 0.2) is 5.82 Å². The molecule has 1 saturated heterocycles. The molecule has 5 nitrogen and oxygen atoms in total. The van der Waals surface area contributed by atoms with Crippen molar-refractivity contribution in [1.29, 1.82) is 0 Å². The van der Waals surface area contributed by atoms with Crippen LogP contribution in [0.3, 0.4) is 0 Å². The Bertz CT molecular complexity index is 894. The number of H-pyrrole nitrogens is 1. The van der Waals surface area contributed by atoms with E-state index in [1.165, 1.54) is 6.07 Å². The maximum atomic E-state index is 13.0. The van der Waals surface area contributed by atoms with Crippen molar-refractivity contribution in [2.24, 2.45) is 0 Å². The first kappa shape index (κ1) is 15.2. The molecule has 1 aliphatic heterocycles. The Morgan fingerprint density at radius 3 is 2.54 bits per heavy atom. The SMILES string of the molecule is CN1CCN(c2nc3ccc(C(F)(F)F)cc3c3cn[nH]c23)CC1. The maximum absolute atomic E-state index is 13.0. The lowest BCUT2D eigenvalue weighted by Gasteiger charge is -2.33. The van der Waals surface area contributed by atoms with Gasteiger partial charge in [-0.05, 0) is 25.2 Å². The molecule has 0 aliphatic carbocycles. The maximum Gasteiger partial charge on any atom is 0.416 e. The number of piperazine rings is 1. The van der Waals surface area contributed by atoms with Gasteiger partial charge in [-0.25, -0.2) is 4.98 Å². The Labute approximate surface area is 136 Å². The summed E-state index contributed by atoms with van der Waals surface area (Å²) in [5.74, 6) is 0.753. The zero-order valence-electron chi connectivity index (χ0n) is 13.1. The van der Waals surface area contributed by atoms with Gasteiger partial charge in [-0.15, -0.1) is 0 Å². The molecule has 3 aromatic rings. The molecular weight excluding hydrogens is 319 g/mol. The average molecular weight is 335 g/mol. The fourth-order valence-electron chi connectivity index (χ4n) is 3.10. The van der Waals surface area contributed by atoms with E-state index in [2.05, 4.69) is 32.0 Å². The Kier molecular flexibility index (Phi) is 3.38. The highest BCUT2D eigenvalue weighted by Crippen LogP contribution is 2.35. The first-order valence-corrected chi connectivity index (χ1v) is 7.71. The number of nitrogens with zero attached hydrogens (tertiary/aromatic N) is 4. The third-order valence-electron chi connectivity index (χ3n) is 4.51. The smallest absolute Gasteiger partial charge is 0.352 e. The molecule has 0 radical (unpaired) electrons. The number of alkyl halides is 3. The van der Waals surface area contributed by atoms with Gasteiger partial charge in [0.25, 0.3) is 0 Å². The highest BCUT2D eigenvalue weighted by Gasteiger charge is 2.31. The normalized spacial score (nSPS) is 17.1. The van der Waals surface area contributed by atoms with Crippen LogP contribution in [0.25, 0.3) is 21.8 Å². The van der Waals surface area contributed by atoms with E-state index in [1.54, 1.807) is 6.20 Å². The van der Waals surface area contributed by atoms with Crippen LogP contribution >= 0.6 is 0 Å². The molecule has 0 saturated carbocycles. The van der Waals surface area contributed by atoms with Gasteiger partial charge in [0, 0.05) is 37.0 Å². The third-order valence-corrected chi connectivity index (χ3v) is 4.51. The molecule has 3 heterocycles. The van der Waals surface area contributed by atoms with Gasteiger partial charge in [-0.2, -0.15) is 18.3 Å². The molecule has 0 atom stereocenters. The number of pyridine rings is 1. The first-order chi connectivity index (χ1) is 11.4. The Morgan fingerprint density at radius 2 is 1.83 bits per heavy atom. The molecule has 0 unspecified atom stereocenters. The molecule has 1 fully saturated rings. The predicted octanol–water partition coefficient (Wildman–Crippen LogP) is 2.88. The van der Waals surface area contributed by atoms with Crippen LogP contribution in [0.5, 0.6) is 0 Å². The summed E-state index contributed by atoms with van der Waals surface area (Å²) in [6.07, 6.45) is -2.81. The summed E-state index contributed by atoms with van der Waals surface area (Å²) in [6, 6.07) is 3.66. The van der Waals surface area contributed by atoms with Crippen molar-refractivity contribution < 1.29 is 13.2 Å². The van der Waals surface area contributed by atoms with E-state index in [0.717, 1.165) is 44.1 Å². The molecule has 1 aromatic carbocycles. The van der Waals surface area contributed by atoms with Crippen LogP contribution in [-0.2, 0) is 6.18 Å². The second kappa shape index (κ2) is 5.34. The Hall–Kier alpha value is -2.35. The van der Waals surface area contributed by atoms with Crippen molar-refractivity contribution in [3.05, 3.63) is 30.0 Å². The summed E-state index contributed by atoms with van der Waals surface area (Å²) >= 11 is 0. The van der Waals surface area contributed by atoms with Gasteiger partial charge in [-0.3, -0.25) is 5.10 Å². The molecule has 24 heavy (non-hydrogen) atoms. The summed E-state index contributed by atoms with van der Waals surface area (Å²) in [4.78, 5) is 9.00. The van der Waals surface area contributed by atoms with Gasteiger partial charge in [0.2, 0.25) is 0 Å². The first-order valence-electron chi connectivity index (χ1n) is 7.71. The summed E-state index contributed by atoms with van der Waals surface area (Å²) < 4.78 is 39.0. The second-order valence-corrected chi connectivity index (χ2v) is 6.11. The van der Waals surface area contributed by atoms with Crippen molar-refractivity contribution in [3.8, 4) is 0 Å². The quantitative estimate of drug-likeness (QED) is 0.743. The van der Waals surface area contributed by atoms with E-state index in [-0.39, 0.29) is 0 Å².